The first-order chi connectivity index (χ1) is 8.56. The lowest BCUT2D eigenvalue weighted by molar-refractivity contribution is -0.139. The Balaban J connectivity index is 2.59. The van der Waals surface area contributed by atoms with Crippen molar-refractivity contribution < 1.29 is 14.3 Å². The van der Waals surface area contributed by atoms with Gasteiger partial charge in [-0.1, -0.05) is 13.8 Å². The lowest BCUT2D eigenvalue weighted by atomic mass is 10.0. The first-order valence-electron chi connectivity index (χ1n) is 6.34. The second-order valence-corrected chi connectivity index (χ2v) is 4.80. The number of carbonyl (C=O) groups excluding carboxylic acids is 2. The van der Waals surface area contributed by atoms with Crippen LogP contribution in [0.2, 0.25) is 0 Å². The van der Waals surface area contributed by atoms with Crippen molar-refractivity contribution >= 4 is 11.8 Å². The maximum Gasteiger partial charge on any atom is 0.246 e. The molecule has 6 nitrogen and oxygen atoms in total. The van der Waals surface area contributed by atoms with Gasteiger partial charge in [0.1, 0.15) is 12.6 Å². The van der Waals surface area contributed by atoms with Gasteiger partial charge in [-0.3, -0.25) is 9.59 Å². The highest BCUT2D eigenvalue weighted by atomic mass is 16.5. The van der Waals surface area contributed by atoms with Crippen LogP contribution in [0.25, 0.3) is 0 Å². The van der Waals surface area contributed by atoms with Gasteiger partial charge in [0.15, 0.2) is 0 Å². The molecule has 0 aromatic carbocycles. The van der Waals surface area contributed by atoms with Crippen molar-refractivity contribution in [2.45, 2.75) is 19.9 Å². The highest BCUT2D eigenvalue weighted by molar-refractivity contribution is 5.88. The molecule has 0 unspecified atom stereocenters. The number of rotatable bonds is 5. The van der Waals surface area contributed by atoms with Crippen molar-refractivity contribution in [1.29, 1.82) is 0 Å². The molecule has 0 aromatic heterocycles. The van der Waals surface area contributed by atoms with Crippen molar-refractivity contribution in [2.75, 3.05) is 39.9 Å². The molecule has 1 rings (SSSR count). The molecule has 1 aliphatic heterocycles. The Morgan fingerprint density at radius 3 is 2.44 bits per heavy atom. The van der Waals surface area contributed by atoms with Crippen LogP contribution in [0, 0.1) is 5.92 Å². The monoisotopic (exact) mass is 257 g/mol. The van der Waals surface area contributed by atoms with Crippen LogP contribution in [0.4, 0.5) is 0 Å². The first kappa shape index (κ1) is 14.9. The molecule has 0 bridgehead atoms. The summed E-state index contributed by atoms with van der Waals surface area (Å²) in [4.78, 5) is 25.6. The summed E-state index contributed by atoms with van der Waals surface area (Å²) < 4.78 is 4.76. The zero-order valence-electron chi connectivity index (χ0n) is 11.4. The van der Waals surface area contributed by atoms with Gasteiger partial charge in [-0.25, -0.2) is 0 Å². The van der Waals surface area contributed by atoms with Crippen molar-refractivity contribution in [3.63, 3.8) is 0 Å². The summed E-state index contributed by atoms with van der Waals surface area (Å²) in [5, 5.41) is 5.94. The van der Waals surface area contributed by atoms with E-state index in [9.17, 15) is 9.59 Å². The van der Waals surface area contributed by atoms with Gasteiger partial charge in [-0.15, -0.1) is 0 Å². The average Bonchev–Trinajstić information content (AvgIpc) is 2.36. The Hall–Kier alpha value is -1.14. The molecule has 2 amide bonds. The number of carbonyl (C=O) groups is 2. The van der Waals surface area contributed by atoms with Gasteiger partial charge in [0.05, 0.1) is 0 Å². The molecule has 1 atom stereocenters. The Morgan fingerprint density at radius 2 is 1.94 bits per heavy atom. The van der Waals surface area contributed by atoms with Crippen LogP contribution < -0.4 is 10.6 Å². The van der Waals surface area contributed by atoms with Gasteiger partial charge >= 0.3 is 0 Å². The lowest BCUT2D eigenvalue weighted by Crippen LogP contribution is -2.56. The summed E-state index contributed by atoms with van der Waals surface area (Å²) in [6.45, 7) is 6.85. The van der Waals surface area contributed by atoms with E-state index in [1.54, 1.807) is 4.90 Å². The van der Waals surface area contributed by atoms with Crippen LogP contribution in [0.5, 0.6) is 0 Å². The van der Waals surface area contributed by atoms with E-state index in [1.807, 2.05) is 13.8 Å². The summed E-state index contributed by atoms with van der Waals surface area (Å²) in [6.07, 6.45) is 0. The SMILES string of the molecule is COCC(=O)N[C@H](C(=O)N1CCNCC1)C(C)C. The largest absolute Gasteiger partial charge is 0.375 e. The summed E-state index contributed by atoms with van der Waals surface area (Å²) >= 11 is 0. The normalized spacial score (nSPS) is 17.7. The molecule has 18 heavy (non-hydrogen) atoms. The quantitative estimate of drug-likeness (QED) is 0.677. The van der Waals surface area contributed by atoms with E-state index in [-0.39, 0.29) is 24.3 Å². The van der Waals surface area contributed by atoms with E-state index >= 15 is 0 Å². The molecule has 1 fully saturated rings. The number of ether oxygens (including phenoxy) is 1. The van der Waals surface area contributed by atoms with Crippen LogP contribution in [0.1, 0.15) is 13.8 Å². The number of amides is 2. The molecular weight excluding hydrogens is 234 g/mol. The summed E-state index contributed by atoms with van der Waals surface area (Å²) in [5.41, 5.74) is 0. The fourth-order valence-electron chi connectivity index (χ4n) is 1.94. The van der Waals surface area contributed by atoms with Crippen molar-refractivity contribution in [2.24, 2.45) is 5.92 Å². The number of methoxy groups -OCH3 is 1. The molecule has 104 valence electrons. The second-order valence-electron chi connectivity index (χ2n) is 4.80. The summed E-state index contributed by atoms with van der Waals surface area (Å²) in [7, 11) is 1.46. The van der Waals surface area contributed by atoms with Crippen molar-refractivity contribution in [3.8, 4) is 0 Å². The van der Waals surface area contributed by atoms with E-state index in [0.717, 1.165) is 13.1 Å². The van der Waals surface area contributed by atoms with Crippen LogP contribution >= 0.6 is 0 Å². The maximum atomic E-state index is 12.3. The maximum absolute atomic E-state index is 12.3. The Labute approximate surface area is 108 Å². The predicted molar refractivity (Wildman–Crippen MR) is 68.1 cm³/mol. The Bertz CT molecular complexity index is 288. The number of nitrogens with zero attached hydrogens (tertiary/aromatic N) is 1. The van der Waals surface area contributed by atoms with Gasteiger partial charge < -0.3 is 20.3 Å². The first-order valence-corrected chi connectivity index (χ1v) is 6.34. The molecule has 6 heteroatoms. The van der Waals surface area contributed by atoms with Crippen LogP contribution in [0.15, 0.2) is 0 Å². The highest BCUT2D eigenvalue weighted by Crippen LogP contribution is 2.07. The minimum Gasteiger partial charge on any atom is -0.375 e. The van der Waals surface area contributed by atoms with Crippen LogP contribution in [-0.2, 0) is 14.3 Å². The molecule has 0 spiro atoms. The number of hydrogen-bond donors (Lipinski definition) is 2. The van der Waals surface area contributed by atoms with Crippen molar-refractivity contribution in [3.05, 3.63) is 0 Å². The summed E-state index contributed by atoms with van der Waals surface area (Å²) in [5.74, 6) is -0.191. The van der Waals surface area contributed by atoms with E-state index in [4.69, 9.17) is 4.74 Å². The molecule has 0 saturated carbocycles. The van der Waals surface area contributed by atoms with E-state index in [2.05, 4.69) is 10.6 Å². The third kappa shape index (κ3) is 4.27. The predicted octanol–water partition coefficient (Wildman–Crippen LogP) is -0.795. The average molecular weight is 257 g/mol. The minimum absolute atomic E-state index is 0.00375. The van der Waals surface area contributed by atoms with E-state index in [1.165, 1.54) is 7.11 Å². The number of hydrogen-bond acceptors (Lipinski definition) is 4. The van der Waals surface area contributed by atoms with Crippen LogP contribution in [-0.4, -0.2) is 62.7 Å². The molecule has 1 saturated heterocycles. The third-order valence-electron chi connectivity index (χ3n) is 2.95. The molecule has 0 aliphatic carbocycles. The second kappa shape index (κ2) is 7.33. The molecule has 0 aromatic rings. The van der Waals surface area contributed by atoms with Gasteiger partial charge in [-0.2, -0.15) is 0 Å². The van der Waals surface area contributed by atoms with Gasteiger partial charge in [0.25, 0.3) is 0 Å². The molecule has 1 heterocycles. The van der Waals surface area contributed by atoms with Gasteiger partial charge in [-0.05, 0) is 5.92 Å². The number of nitrogens with one attached hydrogen (secondary N) is 2. The number of piperazine rings is 1. The smallest absolute Gasteiger partial charge is 0.246 e. The highest BCUT2D eigenvalue weighted by Gasteiger charge is 2.29. The molecule has 2 N–H and O–H groups in total. The standard InChI is InChI=1S/C12H23N3O3/c1-9(2)11(14-10(16)8-18-3)12(17)15-6-4-13-5-7-15/h9,11,13H,4-8H2,1-3H3,(H,14,16)/t11-/m0/s1. The van der Waals surface area contributed by atoms with E-state index in [0.29, 0.717) is 13.1 Å². The zero-order valence-corrected chi connectivity index (χ0v) is 11.4. The van der Waals surface area contributed by atoms with Crippen molar-refractivity contribution in [1.82, 2.24) is 15.5 Å². The molecular formula is C12H23N3O3. The van der Waals surface area contributed by atoms with E-state index < -0.39 is 6.04 Å². The zero-order chi connectivity index (χ0) is 13.5. The lowest BCUT2D eigenvalue weighted by Gasteiger charge is -2.32. The van der Waals surface area contributed by atoms with Crippen LogP contribution in [0.3, 0.4) is 0 Å². The molecule has 1 aliphatic rings. The fourth-order valence-corrected chi connectivity index (χ4v) is 1.94. The third-order valence-corrected chi connectivity index (χ3v) is 2.95. The summed E-state index contributed by atoms with van der Waals surface area (Å²) in [6, 6.07) is -0.467. The molecule has 0 radical (unpaired) electrons. The minimum atomic E-state index is -0.467. The van der Waals surface area contributed by atoms with Gasteiger partial charge in [0, 0.05) is 33.3 Å². The fraction of sp³-hybridized carbons (Fsp3) is 0.833. The topological polar surface area (TPSA) is 70.7 Å². The Morgan fingerprint density at radius 1 is 1.33 bits per heavy atom. The van der Waals surface area contributed by atoms with Gasteiger partial charge in [0.2, 0.25) is 11.8 Å². The Kier molecular flexibility index (Phi) is 6.07.